The summed E-state index contributed by atoms with van der Waals surface area (Å²) in [6.07, 6.45) is 0.571. The van der Waals surface area contributed by atoms with Gasteiger partial charge in [-0.2, -0.15) is 8.78 Å². The fraction of sp³-hybridized carbons (Fsp3) is 0.300. The molecule has 3 rings (SSSR count). The van der Waals surface area contributed by atoms with Gasteiger partial charge in [0, 0.05) is 12.5 Å². The topological polar surface area (TPSA) is 135 Å². The lowest BCUT2D eigenvalue weighted by Crippen LogP contribution is -2.22. The van der Waals surface area contributed by atoms with Crippen LogP contribution >= 0.6 is 0 Å². The number of nitrogens with one attached hydrogen (secondary N) is 1. The number of benzene rings is 2. The van der Waals surface area contributed by atoms with Crippen LogP contribution in [0.1, 0.15) is 16.8 Å². The summed E-state index contributed by atoms with van der Waals surface area (Å²) in [5.74, 6) is -2.40. The van der Waals surface area contributed by atoms with Crippen molar-refractivity contribution in [2.45, 2.75) is 13.0 Å². The Hall–Kier alpha value is -4.16. The van der Waals surface area contributed by atoms with Crippen LogP contribution in [0.25, 0.3) is 0 Å². The SMILES string of the molecule is COc1cccc(C(=O)OCC(=O)Nc2cc3c(cc2[N+](=O)[O-])OCCCO3)c1OC(F)F. The van der Waals surface area contributed by atoms with Gasteiger partial charge in [-0.05, 0) is 12.1 Å². The predicted molar refractivity (Wildman–Crippen MR) is 107 cm³/mol. The summed E-state index contributed by atoms with van der Waals surface area (Å²) in [4.78, 5) is 35.3. The summed E-state index contributed by atoms with van der Waals surface area (Å²) in [6, 6.07) is 6.14. The maximum absolute atomic E-state index is 12.7. The normalized spacial score (nSPS) is 12.5. The lowest BCUT2D eigenvalue weighted by Gasteiger charge is -2.14. The van der Waals surface area contributed by atoms with E-state index >= 15 is 0 Å². The smallest absolute Gasteiger partial charge is 0.387 e. The number of esters is 1. The van der Waals surface area contributed by atoms with Crippen LogP contribution in [0.5, 0.6) is 23.0 Å². The fourth-order valence-electron chi connectivity index (χ4n) is 2.89. The van der Waals surface area contributed by atoms with Gasteiger partial charge >= 0.3 is 12.6 Å². The number of para-hydroxylation sites is 1. The number of anilines is 1. The number of hydrogen-bond donors (Lipinski definition) is 1. The van der Waals surface area contributed by atoms with Gasteiger partial charge in [-0.1, -0.05) is 6.07 Å². The zero-order valence-electron chi connectivity index (χ0n) is 17.2. The molecule has 11 nitrogen and oxygen atoms in total. The van der Waals surface area contributed by atoms with E-state index in [4.69, 9.17) is 18.9 Å². The minimum absolute atomic E-state index is 0.142. The zero-order valence-corrected chi connectivity index (χ0v) is 17.2. The molecule has 33 heavy (non-hydrogen) atoms. The number of methoxy groups -OCH3 is 1. The number of fused-ring (bicyclic) bond motifs is 1. The van der Waals surface area contributed by atoms with Crippen molar-refractivity contribution in [3.63, 3.8) is 0 Å². The molecule has 0 aromatic heterocycles. The lowest BCUT2D eigenvalue weighted by atomic mass is 10.2. The van der Waals surface area contributed by atoms with Gasteiger partial charge in [0.15, 0.2) is 29.6 Å². The minimum atomic E-state index is -3.24. The Morgan fingerprint density at radius 2 is 1.91 bits per heavy atom. The molecule has 0 radical (unpaired) electrons. The molecule has 0 saturated carbocycles. The van der Waals surface area contributed by atoms with Gasteiger partial charge in [0.2, 0.25) is 0 Å². The van der Waals surface area contributed by atoms with Crippen LogP contribution in [-0.2, 0) is 9.53 Å². The molecular formula is C20H18F2N2O9. The first-order valence-electron chi connectivity index (χ1n) is 9.47. The van der Waals surface area contributed by atoms with Crippen molar-refractivity contribution < 1.29 is 47.0 Å². The number of nitro groups is 1. The van der Waals surface area contributed by atoms with E-state index in [1.54, 1.807) is 0 Å². The van der Waals surface area contributed by atoms with E-state index in [-0.39, 0.29) is 22.9 Å². The monoisotopic (exact) mass is 468 g/mol. The second kappa shape index (κ2) is 10.4. The van der Waals surface area contributed by atoms with Gasteiger partial charge in [0.1, 0.15) is 11.3 Å². The largest absolute Gasteiger partial charge is 0.493 e. The molecule has 0 unspecified atom stereocenters. The highest BCUT2D eigenvalue weighted by molar-refractivity contribution is 5.98. The van der Waals surface area contributed by atoms with Gasteiger partial charge in [-0.25, -0.2) is 4.79 Å². The van der Waals surface area contributed by atoms with Crippen molar-refractivity contribution in [1.29, 1.82) is 0 Å². The van der Waals surface area contributed by atoms with Crippen molar-refractivity contribution in [3.05, 3.63) is 46.0 Å². The molecule has 13 heteroatoms. The second-order valence-corrected chi connectivity index (χ2v) is 6.46. The van der Waals surface area contributed by atoms with Crippen molar-refractivity contribution >= 4 is 23.3 Å². The number of amides is 1. The number of nitrogens with zero attached hydrogens (tertiary/aromatic N) is 1. The van der Waals surface area contributed by atoms with Gasteiger partial charge in [-0.3, -0.25) is 14.9 Å². The van der Waals surface area contributed by atoms with Crippen molar-refractivity contribution in [3.8, 4) is 23.0 Å². The second-order valence-electron chi connectivity index (χ2n) is 6.46. The fourth-order valence-corrected chi connectivity index (χ4v) is 2.89. The number of hydrogen-bond acceptors (Lipinski definition) is 9. The summed E-state index contributed by atoms with van der Waals surface area (Å²) >= 11 is 0. The van der Waals surface area contributed by atoms with E-state index in [9.17, 15) is 28.5 Å². The lowest BCUT2D eigenvalue weighted by molar-refractivity contribution is -0.384. The Morgan fingerprint density at radius 1 is 1.21 bits per heavy atom. The maximum atomic E-state index is 12.7. The quantitative estimate of drug-likeness (QED) is 0.352. The number of carbonyl (C=O) groups excluding carboxylic acids is 2. The van der Waals surface area contributed by atoms with Crippen molar-refractivity contribution in [2.75, 3.05) is 32.2 Å². The molecule has 0 spiro atoms. The van der Waals surface area contributed by atoms with E-state index in [1.807, 2.05) is 0 Å². The van der Waals surface area contributed by atoms with Gasteiger partial charge in [-0.15, -0.1) is 0 Å². The number of alkyl halides is 2. The Labute approximate surface area is 185 Å². The number of ether oxygens (including phenoxy) is 5. The zero-order chi connectivity index (χ0) is 24.0. The summed E-state index contributed by atoms with van der Waals surface area (Å²) in [6.45, 7) is -3.47. The summed E-state index contributed by atoms with van der Waals surface area (Å²) < 4.78 is 50.4. The summed E-state index contributed by atoms with van der Waals surface area (Å²) in [7, 11) is 1.19. The molecule has 1 heterocycles. The van der Waals surface area contributed by atoms with E-state index in [2.05, 4.69) is 10.1 Å². The standard InChI is InChI=1S/C20H18F2N2O9/c1-29-14-5-2-4-11(18(14)33-20(21)22)19(26)32-10-17(25)23-12-8-15-16(9-13(12)24(27)28)31-7-3-6-30-15/h2,4-5,8-9,20H,3,6-7,10H2,1H3,(H,23,25). The van der Waals surface area contributed by atoms with Crippen LogP contribution < -0.4 is 24.3 Å². The van der Waals surface area contributed by atoms with Crippen LogP contribution in [0.15, 0.2) is 30.3 Å². The third-order valence-corrected chi connectivity index (χ3v) is 4.30. The molecule has 0 saturated heterocycles. The molecule has 2 aromatic rings. The number of rotatable bonds is 8. The minimum Gasteiger partial charge on any atom is -0.493 e. The number of halogens is 2. The average Bonchev–Trinajstić information content (AvgIpc) is 3.01. The van der Waals surface area contributed by atoms with Crippen molar-refractivity contribution in [2.24, 2.45) is 0 Å². The first-order chi connectivity index (χ1) is 15.8. The molecule has 2 aromatic carbocycles. The highest BCUT2D eigenvalue weighted by Gasteiger charge is 2.25. The molecule has 1 aliphatic heterocycles. The molecule has 1 N–H and O–H groups in total. The van der Waals surface area contributed by atoms with E-state index in [1.165, 1.54) is 25.3 Å². The highest BCUT2D eigenvalue weighted by atomic mass is 19.3. The summed E-state index contributed by atoms with van der Waals surface area (Å²) in [5, 5.41) is 13.7. The number of carbonyl (C=O) groups is 2. The van der Waals surface area contributed by atoms with E-state index < -0.39 is 47.0 Å². The Kier molecular flexibility index (Phi) is 7.43. The third kappa shape index (κ3) is 5.75. The van der Waals surface area contributed by atoms with Crippen LogP contribution in [0, 0.1) is 10.1 Å². The van der Waals surface area contributed by atoms with E-state index in [0.29, 0.717) is 19.6 Å². The van der Waals surface area contributed by atoms with Crippen LogP contribution in [0.3, 0.4) is 0 Å². The molecule has 0 fully saturated rings. The maximum Gasteiger partial charge on any atom is 0.387 e. The Bertz CT molecular complexity index is 1060. The van der Waals surface area contributed by atoms with Crippen molar-refractivity contribution in [1.82, 2.24) is 0 Å². The highest BCUT2D eigenvalue weighted by Crippen LogP contribution is 2.39. The van der Waals surface area contributed by atoms with Crippen LogP contribution in [0.2, 0.25) is 0 Å². The molecular weight excluding hydrogens is 450 g/mol. The molecule has 0 atom stereocenters. The average molecular weight is 468 g/mol. The third-order valence-electron chi connectivity index (χ3n) is 4.30. The summed E-state index contributed by atoms with van der Waals surface area (Å²) in [5.41, 5.74) is -1.06. The molecule has 0 aliphatic carbocycles. The van der Waals surface area contributed by atoms with Crippen LogP contribution in [0.4, 0.5) is 20.2 Å². The van der Waals surface area contributed by atoms with Gasteiger partial charge < -0.3 is 29.0 Å². The number of nitro benzene ring substituents is 1. The molecule has 1 aliphatic rings. The molecule has 0 bridgehead atoms. The molecule has 1 amide bonds. The first kappa shape index (κ1) is 23.5. The van der Waals surface area contributed by atoms with Gasteiger partial charge in [0.25, 0.3) is 11.6 Å². The first-order valence-corrected chi connectivity index (χ1v) is 9.47. The molecule has 176 valence electrons. The Morgan fingerprint density at radius 3 is 2.55 bits per heavy atom. The van der Waals surface area contributed by atoms with Gasteiger partial charge in [0.05, 0.1) is 31.3 Å². The van der Waals surface area contributed by atoms with E-state index in [0.717, 1.165) is 12.1 Å². The Balaban J connectivity index is 1.73. The predicted octanol–water partition coefficient (Wildman–Crippen LogP) is 3.16. The van der Waals surface area contributed by atoms with Crippen LogP contribution in [-0.4, -0.2) is 50.3 Å².